The van der Waals surface area contributed by atoms with Gasteiger partial charge in [0.1, 0.15) is 0 Å². The molecule has 0 bridgehead atoms. The van der Waals surface area contributed by atoms with E-state index in [2.05, 4.69) is 229 Å². The van der Waals surface area contributed by atoms with Gasteiger partial charge in [0.2, 0.25) is 0 Å². The second-order valence-electron chi connectivity index (χ2n) is 15.5. The van der Waals surface area contributed by atoms with Crippen LogP contribution in [0, 0.1) is 0 Å². The van der Waals surface area contributed by atoms with Crippen LogP contribution in [-0.2, 0) is 0 Å². The lowest BCUT2D eigenvalue weighted by atomic mass is 9.85. The first-order chi connectivity index (χ1) is 29.3. The highest BCUT2D eigenvalue weighted by Crippen LogP contribution is 2.47. The summed E-state index contributed by atoms with van der Waals surface area (Å²) >= 11 is 0. The van der Waals surface area contributed by atoms with Crippen LogP contribution in [0.4, 0.5) is 0 Å². The van der Waals surface area contributed by atoms with E-state index in [4.69, 9.17) is 0 Å². The van der Waals surface area contributed by atoms with Crippen molar-refractivity contribution in [3.8, 4) is 50.2 Å². The average molecular weight is 748 g/mol. The van der Waals surface area contributed by atoms with Crippen LogP contribution in [-0.4, -0.2) is 4.57 Å². The summed E-state index contributed by atoms with van der Waals surface area (Å²) in [5, 5.41) is 12.6. The number of hydrogen-bond donors (Lipinski definition) is 0. The van der Waals surface area contributed by atoms with Crippen molar-refractivity contribution in [3.63, 3.8) is 0 Å². The molecule has 0 unspecified atom stereocenters. The number of rotatable bonds is 5. The first kappa shape index (κ1) is 33.4. The SMILES string of the molecule is c1ccc(-c2c3ccccc3c(-c3ccc4c(c3)c3cc(-c5c6ccccc6c(-c6ccccc6)c6ccccc56)ccc3n4-c3ccccc3)c3ccccc23)cc1. The summed E-state index contributed by atoms with van der Waals surface area (Å²) in [6, 6.07) is 82.5. The molecule has 12 aromatic rings. The molecule has 1 heterocycles. The van der Waals surface area contributed by atoms with Gasteiger partial charge in [-0.2, -0.15) is 0 Å². The fourth-order valence-corrected chi connectivity index (χ4v) is 9.90. The number of para-hydroxylation sites is 1. The van der Waals surface area contributed by atoms with Crippen molar-refractivity contribution in [2.24, 2.45) is 0 Å². The summed E-state index contributed by atoms with van der Waals surface area (Å²) in [4.78, 5) is 0. The summed E-state index contributed by atoms with van der Waals surface area (Å²) in [7, 11) is 0. The number of benzene rings is 11. The highest BCUT2D eigenvalue weighted by Gasteiger charge is 2.21. The summed E-state index contributed by atoms with van der Waals surface area (Å²) in [6.07, 6.45) is 0. The van der Waals surface area contributed by atoms with Crippen LogP contribution >= 0.6 is 0 Å². The monoisotopic (exact) mass is 747 g/mol. The molecule has 0 saturated heterocycles. The Morgan fingerprint density at radius 3 is 0.797 bits per heavy atom. The van der Waals surface area contributed by atoms with Gasteiger partial charge in [-0.05, 0) is 124 Å². The van der Waals surface area contributed by atoms with Gasteiger partial charge in [0.15, 0.2) is 0 Å². The van der Waals surface area contributed by atoms with E-state index in [-0.39, 0.29) is 0 Å². The van der Waals surface area contributed by atoms with Gasteiger partial charge in [0, 0.05) is 16.5 Å². The highest BCUT2D eigenvalue weighted by molar-refractivity contribution is 6.24. The van der Waals surface area contributed by atoms with Crippen molar-refractivity contribution in [1.29, 1.82) is 0 Å². The molecule has 12 rings (SSSR count). The van der Waals surface area contributed by atoms with Crippen LogP contribution in [0.1, 0.15) is 0 Å². The second-order valence-corrected chi connectivity index (χ2v) is 15.5. The van der Waals surface area contributed by atoms with Crippen LogP contribution in [0.2, 0.25) is 0 Å². The fraction of sp³-hybridized carbons (Fsp3) is 0. The Labute approximate surface area is 342 Å². The minimum absolute atomic E-state index is 1.15. The maximum atomic E-state index is 2.45. The quantitative estimate of drug-likeness (QED) is 0.155. The first-order valence-electron chi connectivity index (χ1n) is 20.4. The molecule has 0 aliphatic rings. The molecule has 0 aliphatic heterocycles. The Morgan fingerprint density at radius 2 is 0.475 bits per heavy atom. The highest BCUT2D eigenvalue weighted by atomic mass is 15.0. The molecule has 0 aliphatic carbocycles. The van der Waals surface area contributed by atoms with Gasteiger partial charge in [-0.25, -0.2) is 0 Å². The minimum atomic E-state index is 1.15. The molecule has 0 amide bonds. The Kier molecular flexibility index (Phi) is 7.61. The van der Waals surface area contributed by atoms with Gasteiger partial charge in [0.05, 0.1) is 11.0 Å². The van der Waals surface area contributed by atoms with E-state index in [0.29, 0.717) is 0 Å². The fourth-order valence-electron chi connectivity index (χ4n) is 9.90. The van der Waals surface area contributed by atoms with E-state index in [1.54, 1.807) is 0 Å². The number of nitrogens with zero attached hydrogens (tertiary/aromatic N) is 1. The molecule has 0 N–H and O–H groups in total. The maximum absolute atomic E-state index is 2.45. The normalized spacial score (nSPS) is 11.7. The maximum Gasteiger partial charge on any atom is 0.0541 e. The standard InChI is InChI=1S/C58H37N/c1-4-18-38(19-5-1)55-43-24-10-14-28-47(43)57(48-29-15-11-25-44(48)55)40-32-34-53-51(36-40)52-37-41(33-35-54(52)59(53)42-22-8-3-9-23-42)58-49-30-16-12-26-45(49)56(39-20-6-2-7-21-39)46-27-13-17-31-50(46)58/h1-37H. The van der Waals surface area contributed by atoms with Crippen molar-refractivity contribution in [3.05, 3.63) is 224 Å². The molecule has 1 nitrogen and oxygen atoms in total. The predicted molar refractivity (Wildman–Crippen MR) is 253 cm³/mol. The van der Waals surface area contributed by atoms with Gasteiger partial charge in [-0.15, -0.1) is 0 Å². The molecule has 1 aromatic heterocycles. The zero-order valence-corrected chi connectivity index (χ0v) is 32.3. The molecule has 59 heavy (non-hydrogen) atoms. The lowest BCUT2D eigenvalue weighted by Gasteiger charge is -2.18. The number of hydrogen-bond acceptors (Lipinski definition) is 0. The van der Waals surface area contributed by atoms with Crippen molar-refractivity contribution in [2.75, 3.05) is 0 Å². The third-order valence-corrected chi connectivity index (χ3v) is 12.3. The minimum Gasteiger partial charge on any atom is -0.309 e. The summed E-state index contributed by atoms with van der Waals surface area (Å²) < 4.78 is 2.43. The van der Waals surface area contributed by atoms with Crippen molar-refractivity contribution in [2.45, 2.75) is 0 Å². The topological polar surface area (TPSA) is 4.93 Å². The largest absolute Gasteiger partial charge is 0.309 e. The molecule has 0 spiro atoms. The van der Waals surface area contributed by atoms with Gasteiger partial charge < -0.3 is 4.57 Å². The first-order valence-corrected chi connectivity index (χ1v) is 20.4. The van der Waals surface area contributed by atoms with E-state index in [9.17, 15) is 0 Å². The molecular formula is C58H37N. The van der Waals surface area contributed by atoms with E-state index < -0.39 is 0 Å². The molecule has 0 atom stereocenters. The average Bonchev–Trinajstić information content (AvgIpc) is 3.63. The molecule has 1 heteroatoms. The lowest BCUT2D eigenvalue weighted by molar-refractivity contribution is 1.18. The third-order valence-electron chi connectivity index (χ3n) is 12.3. The van der Waals surface area contributed by atoms with E-state index >= 15 is 0 Å². The van der Waals surface area contributed by atoms with Gasteiger partial charge >= 0.3 is 0 Å². The summed E-state index contributed by atoms with van der Waals surface area (Å²) in [6.45, 7) is 0. The van der Waals surface area contributed by atoms with Crippen molar-refractivity contribution in [1.82, 2.24) is 4.57 Å². The molecule has 11 aromatic carbocycles. The molecular weight excluding hydrogens is 711 g/mol. The second kappa shape index (κ2) is 13.4. The van der Waals surface area contributed by atoms with Gasteiger partial charge in [0.25, 0.3) is 0 Å². The summed E-state index contributed by atoms with van der Waals surface area (Å²) in [5.41, 5.74) is 13.5. The summed E-state index contributed by atoms with van der Waals surface area (Å²) in [5.74, 6) is 0. The van der Waals surface area contributed by atoms with Crippen LogP contribution in [0.15, 0.2) is 224 Å². The number of fused-ring (bicyclic) bond motifs is 7. The smallest absolute Gasteiger partial charge is 0.0541 e. The number of aromatic nitrogens is 1. The lowest BCUT2D eigenvalue weighted by Crippen LogP contribution is -1.94. The molecule has 274 valence electrons. The van der Waals surface area contributed by atoms with Crippen LogP contribution < -0.4 is 0 Å². The zero-order chi connectivity index (χ0) is 38.9. The predicted octanol–water partition coefficient (Wildman–Crippen LogP) is 16.1. The third kappa shape index (κ3) is 5.18. The van der Waals surface area contributed by atoms with Crippen molar-refractivity contribution >= 4 is 64.9 Å². The Balaban J connectivity index is 1.16. The van der Waals surface area contributed by atoms with Gasteiger partial charge in [-0.3, -0.25) is 0 Å². The van der Waals surface area contributed by atoms with Crippen LogP contribution in [0.3, 0.4) is 0 Å². The Hall–Kier alpha value is -7.74. The van der Waals surface area contributed by atoms with E-state index in [1.165, 1.54) is 109 Å². The van der Waals surface area contributed by atoms with Crippen LogP contribution in [0.5, 0.6) is 0 Å². The van der Waals surface area contributed by atoms with Gasteiger partial charge in [-0.1, -0.05) is 188 Å². The van der Waals surface area contributed by atoms with E-state index in [0.717, 1.165) is 5.69 Å². The molecule has 0 saturated carbocycles. The Bertz CT molecular complexity index is 3250. The van der Waals surface area contributed by atoms with E-state index in [1.807, 2.05) is 0 Å². The zero-order valence-electron chi connectivity index (χ0n) is 32.3. The molecule has 0 fully saturated rings. The van der Waals surface area contributed by atoms with Crippen LogP contribution in [0.25, 0.3) is 115 Å². The van der Waals surface area contributed by atoms with Crippen molar-refractivity contribution < 1.29 is 0 Å². The molecule has 0 radical (unpaired) electrons. The Morgan fingerprint density at radius 1 is 0.203 bits per heavy atom.